The first kappa shape index (κ1) is 20.1. The van der Waals surface area contributed by atoms with Crippen LogP contribution in [0.3, 0.4) is 0 Å². The third-order valence-corrected chi connectivity index (χ3v) is 5.52. The van der Waals surface area contributed by atoms with E-state index >= 15 is 0 Å². The summed E-state index contributed by atoms with van der Waals surface area (Å²) >= 11 is 0. The van der Waals surface area contributed by atoms with E-state index in [1.165, 1.54) is 12.1 Å². The quantitative estimate of drug-likeness (QED) is 0.590. The molecule has 0 aliphatic carbocycles. The van der Waals surface area contributed by atoms with E-state index in [4.69, 9.17) is 4.74 Å². The van der Waals surface area contributed by atoms with Gasteiger partial charge in [0.1, 0.15) is 5.82 Å². The van der Waals surface area contributed by atoms with Gasteiger partial charge >= 0.3 is 6.09 Å². The lowest BCUT2D eigenvalue weighted by Gasteiger charge is -2.30. The number of hydrogen-bond donors (Lipinski definition) is 0. The first-order chi connectivity index (χ1) is 14.6. The van der Waals surface area contributed by atoms with Gasteiger partial charge in [0, 0.05) is 25.6 Å². The number of aromatic nitrogens is 2. The van der Waals surface area contributed by atoms with Crippen molar-refractivity contribution in [2.45, 2.75) is 26.3 Å². The number of Topliss-reactive ketones (excluding diaryl/α,β-unsaturated/α-hetero) is 1. The average Bonchev–Trinajstić information content (AvgIpc) is 3.13. The Morgan fingerprint density at radius 1 is 1.10 bits per heavy atom. The minimum Gasteiger partial charge on any atom is -0.450 e. The fraction of sp³-hybridized carbons (Fsp3) is 0.348. The summed E-state index contributed by atoms with van der Waals surface area (Å²) in [5, 5.41) is 0. The van der Waals surface area contributed by atoms with Gasteiger partial charge in [0.25, 0.3) is 0 Å². The molecule has 1 aromatic heterocycles. The van der Waals surface area contributed by atoms with Gasteiger partial charge in [-0.25, -0.2) is 14.2 Å². The number of imidazole rings is 1. The fourth-order valence-electron chi connectivity index (χ4n) is 3.92. The zero-order valence-corrected chi connectivity index (χ0v) is 16.9. The second-order valence-corrected chi connectivity index (χ2v) is 7.46. The van der Waals surface area contributed by atoms with Crippen molar-refractivity contribution in [1.82, 2.24) is 14.5 Å². The third-order valence-electron chi connectivity index (χ3n) is 5.52. The number of ether oxygens (including phenoxy) is 1. The predicted octanol–water partition coefficient (Wildman–Crippen LogP) is 4.27. The number of fused-ring (bicyclic) bond motifs is 1. The maximum atomic E-state index is 13.4. The topological polar surface area (TPSA) is 64.4 Å². The highest BCUT2D eigenvalue weighted by atomic mass is 19.1. The van der Waals surface area contributed by atoms with Crippen LogP contribution in [0, 0.1) is 11.7 Å². The van der Waals surface area contributed by atoms with Gasteiger partial charge in [0.05, 0.1) is 17.6 Å². The van der Waals surface area contributed by atoms with Gasteiger partial charge in [-0.2, -0.15) is 0 Å². The molecule has 1 aliphatic heterocycles. The van der Waals surface area contributed by atoms with Crippen LogP contribution in [-0.2, 0) is 11.3 Å². The summed E-state index contributed by atoms with van der Waals surface area (Å²) < 4.78 is 20.3. The predicted molar refractivity (Wildman–Crippen MR) is 111 cm³/mol. The molecule has 1 saturated heterocycles. The number of carbonyl (C=O) groups is 2. The first-order valence-electron chi connectivity index (χ1n) is 10.2. The number of hydrogen-bond acceptors (Lipinski definition) is 4. The molecule has 1 aliphatic rings. The minimum absolute atomic E-state index is 0.0168. The van der Waals surface area contributed by atoms with E-state index in [-0.39, 0.29) is 23.6 Å². The number of para-hydroxylation sites is 2. The minimum atomic E-state index is -0.327. The molecule has 0 bridgehead atoms. The summed E-state index contributed by atoms with van der Waals surface area (Å²) in [6.07, 6.45) is 0.835. The monoisotopic (exact) mass is 409 g/mol. The summed E-state index contributed by atoms with van der Waals surface area (Å²) in [6, 6.07) is 13.9. The molecule has 156 valence electrons. The Bertz CT molecular complexity index is 1050. The summed E-state index contributed by atoms with van der Waals surface area (Å²) in [5.74, 6) is -0.0923. The van der Waals surface area contributed by atoms with Gasteiger partial charge in [0.15, 0.2) is 5.82 Å². The van der Waals surface area contributed by atoms with Crippen LogP contribution in [0.2, 0.25) is 0 Å². The number of piperidine rings is 1. The molecule has 1 amide bonds. The highest BCUT2D eigenvalue weighted by Gasteiger charge is 2.31. The molecule has 2 heterocycles. The van der Waals surface area contributed by atoms with Crippen molar-refractivity contribution >= 4 is 22.9 Å². The van der Waals surface area contributed by atoms with E-state index in [9.17, 15) is 14.0 Å². The molecule has 1 fully saturated rings. The SMILES string of the molecule is CCOC(=O)N1CCC(C(=O)c2nc3ccccc3n2Cc2ccc(F)cc2)CC1. The Morgan fingerprint density at radius 2 is 1.80 bits per heavy atom. The number of ketones is 1. The van der Waals surface area contributed by atoms with Crippen LogP contribution in [0.25, 0.3) is 11.0 Å². The second-order valence-electron chi connectivity index (χ2n) is 7.46. The van der Waals surface area contributed by atoms with Crippen molar-refractivity contribution in [3.05, 3.63) is 65.7 Å². The summed E-state index contributed by atoms with van der Waals surface area (Å²) in [4.78, 5) is 31.5. The van der Waals surface area contributed by atoms with E-state index in [1.54, 1.807) is 24.0 Å². The molecule has 3 aromatic rings. The fourth-order valence-corrected chi connectivity index (χ4v) is 3.92. The molecule has 0 spiro atoms. The molecule has 0 atom stereocenters. The molecule has 0 saturated carbocycles. The standard InChI is InChI=1S/C23H24FN3O3/c1-2-30-23(29)26-13-11-17(12-14-26)21(28)22-25-19-5-3-4-6-20(19)27(22)15-16-7-9-18(24)10-8-16/h3-10,17H,2,11-15H2,1H3. The Balaban J connectivity index is 1.58. The number of rotatable bonds is 5. The van der Waals surface area contributed by atoms with Gasteiger partial charge in [-0.1, -0.05) is 24.3 Å². The van der Waals surface area contributed by atoms with Gasteiger partial charge in [0.2, 0.25) is 5.78 Å². The van der Waals surface area contributed by atoms with Crippen LogP contribution in [0.15, 0.2) is 48.5 Å². The molecule has 0 radical (unpaired) electrons. The Kier molecular flexibility index (Phi) is 5.79. The second kappa shape index (κ2) is 8.65. The van der Waals surface area contributed by atoms with Crippen molar-refractivity contribution < 1.29 is 18.7 Å². The van der Waals surface area contributed by atoms with E-state index in [0.29, 0.717) is 44.9 Å². The number of likely N-dealkylation sites (tertiary alicyclic amines) is 1. The lowest BCUT2D eigenvalue weighted by atomic mass is 9.92. The van der Waals surface area contributed by atoms with E-state index < -0.39 is 0 Å². The molecule has 4 rings (SSSR count). The maximum Gasteiger partial charge on any atom is 0.409 e. The number of nitrogens with zero attached hydrogens (tertiary/aromatic N) is 3. The van der Waals surface area contributed by atoms with Crippen LogP contribution in [0.4, 0.5) is 9.18 Å². The number of amides is 1. The van der Waals surface area contributed by atoms with Crippen LogP contribution in [-0.4, -0.2) is 46.0 Å². The van der Waals surface area contributed by atoms with E-state index in [2.05, 4.69) is 4.98 Å². The van der Waals surface area contributed by atoms with Crippen molar-refractivity contribution in [1.29, 1.82) is 0 Å². The van der Waals surface area contributed by atoms with Crippen molar-refractivity contribution in [2.24, 2.45) is 5.92 Å². The van der Waals surface area contributed by atoms with Crippen molar-refractivity contribution in [3.8, 4) is 0 Å². The van der Waals surface area contributed by atoms with Crippen molar-refractivity contribution in [2.75, 3.05) is 19.7 Å². The normalized spacial score (nSPS) is 14.8. The molecule has 6 nitrogen and oxygen atoms in total. The van der Waals surface area contributed by atoms with Crippen LogP contribution < -0.4 is 0 Å². The molecular weight excluding hydrogens is 385 g/mol. The molecular formula is C23H24FN3O3. The lowest BCUT2D eigenvalue weighted by molar-refractivity contribution is 0.0744. The van der Waals surface area contributed by atoms with E-state index in [0.717, 1.165) is 16.6 Å². The van der Waals surface area contributed by atoms with Crippen LogP contribution in [0.1, 0.15) is 35.9 Å². The van der Waals surface area contributed by atoms with Gasteiger partial charge in [-0.3, -0.25) is 4.79 Å². The Hall–Kier alpha value is -3.22. The van der Waals surface area contributed by atoms with Gasteiger partial charge in [-0.15, -0.1) is 0 Å². The molecule has 7 heteroatoms. The molecule has 2 aromatic carbocycles. The molecule has 0 N–H and O–H groups in total. The largest absolute Gasteiger partial charge is 0.450 e. The number of halogens is 1. The zero-order valence-electron chi connectivity index (χ0n) is 16.9. The summed E-state index contributed by atoms with van der Waals surface area (Å²) in [5.41, 5.74) is 2.52. The lowest BCUT2D eigenvalue weighted by Crippen LogP contribution is -2.41. The number of benzene rings is 2. The summed E-state index contributed by atoms with van der Waals surface area (Å²) in [7, 11) is 0. The number of carbonyl (C=O) groups excluding carboxylic acids is 2. The van der Waals surface area contributed by atoms with Crippen LogP contribution >= 0.6 is 0 Å². The van der Waals surface area contributed by atoms with Gasteiger partial charge < -0.3 is 14.2 Å². The highest BCUT2D eigenvalue weighted by molar-refractivity contribution is 5.98. The zero-order chi connectivity index (χ0) is 21.1. The Morgan fingerprint density at radius 3 is 2.50 bits per heavy atom. The maximum absolute atomic E-state index is 13.4. The van der Waals surface area contributed by atoms with Crippen LogP contribution in [0.5, 0.6) is 0 Å². The highest BCUT2D eigenvalue weighted by Crippen LogP contribution is 2.25. The molecule has 0 unspecified atom stereocenters. The smallest absolute Gasteiger partial charge is 0.409 e. The van der Waals surface area contributed by atoms with Gasteiger partial charge in [-0.05, 0) is 49.6 Å². The van der Waals surface area contributed by atoms with Crippen molar-refractivity contribution in [3.63, 3.8) is 0 Å². The Labute approximate surface area is 174 Å². The van der Waals surface area contributed by atoms with E-state index in [1.807, 2.05) is 28.8 Å². The third kappa shape index (κ3) is 4.06. The summed E-state index contributed by atoms with van der Waals surface area (Å²) in [6.45, 7) is 3.54. The first-order valence-corrected chi connectivity index (χ1v) is 10.2. The molecule has 30 heavy (non-hydrogen) atoms. The average molecular weight is 409 g/mol.